The molecule has 2 nitrogen and oxygen atoms in total. The number of hydrogen-bond acceptors (Lipinski definition) is 2. The monoisotopic (exact) mass is 191 g/mol. The van der Waals surface area contributed by atoms with Gasteiger partial charge in [-0.25, -0.2) is 0 Å². The molecule has 1 aliphatic heterocycles. The molecule has 0 aromatic heterocycles. The van der Waals surface area contributed by atoms with Crippen LogP contribution in [0.1, 0.15) is 32.1 Å². The van der Waals surface area contributed by atoms with Crippen LogP contribution in [0.2, 0.25) is 0 Å². The molecule has 0 bridgehead atoms. The zero-order valence-electron chi connectivity index (χ0n) is 7.33. The third-order valence-electron chi connectivity index (χ3n) is 3.13. The van der Waals surface area contributed by atoms with Crippen molar-refractivity contribution >= 4 is 12.4 Å². The molecule has 72 valence electrons. The molecule has 0 aromatic carbocycles. The van der Waals surface area contributed by atoms with Gasteiger partial charge in [0.15, 0.2) is 0 Å². The summed E-state index contributed by atoms with van der Waals surface area (Å²) in [5, 5.41) is 12.9. The first kappa shape index (κ1) is 10.3. The lowest BCUT2D eigenvalue weighted by molar-refractivity contribution is 0.0825. The van der Waals surface area contributed by atoms with E-state index in [9.17, 15) is 5.11 Å². The predicted molar refractivity (Wildman–Crippen MR) is 51.6 cm³/mol. The van der Waals surface area contributed by atoms with Crippen molar-refractivity contribution in [3.8, 4) is 0 Å². The highest BCUT2D eigenvalue weighted by Gasteiger charge is 2.30. The summed E-state index contributed by atoms with van der Waals surface area (Å²) in [6.07, 6.45) is 6.07. The Morgan fingerprint density at radius 1 is 1.17 bits per heavy atom. The van der Waals surface area contributed by atoms with Gasteiger partial charge in [-0.05, 0) is 38.1 Å². The molecule has 0 aromatic rings. The second-order valence-corrected chi connectivity index (χ2v) is 3.93. The Balaban J connectivity index is 0.000000720. The molecule has 2 atom stereocenters. The summed E-state index contributed by atoms with van der Waals surface area (Å²) in [5.41, 5.74) is 0. The van der Waals surface area contributed by atoms with E-state index < -0.39 is 0 Å². The van der Waals surface area contributed by atoms with Crippen LogP contribution in [0.15, 0.2) is 0 Å². The quantitative estimate of drug-likeness (QED) is 0.656. The number of aliphatic hydroxyl groups is 1. The Kier molecular flexibility index (Phi) is 3.81. The molecule has 3 heteroatoms. The summed E-state index contributed by atoms with van der Waals surface area (Å²) < 4.78 is 0. The second-order valence-electron chi connectivity index (χ2n) is 3.93. The number of piperidine rings is 1. The zero-order valence-corrected chi connectivity index (χ0v) is 8.15. The maximum absolute atomic E-state index is 9.41. The molecular formula is C9H18ClNO. The number of rotatable bonds is 1. The van der Waals surface area contributed by atoms with Gasteiger partial charge in [-0.3, -0.25) is 0 Å². The molecule has 2 rings (SSSR count). The first-order valence-corrected chi connectivity index (χ1v) is 4.78. The molecule has 0 amide bonds. The molecule has 1 saturated heterocycles. The van der Waals surface area contributed by atoms with E-state index in [1.54, 1.807) is 0 Å². The maximum atomic E-state index is 9.41. The van der Waals surface area contributed by atoms with Crippen molar-refractivity contribution < 1.29 is 5.11 Å². The topological polar surface area (TPSA) is 32.3 Å². The van der Waals surface area contributed by atoms with E-state index in [-0.39, 0.29) is 18.5 Å². The summed E-state index contributed by atoms with van der Waals surface area (Å²) in [4.78, 5) is 0. The Labute approximate surface area is 80.1 Å². The van der Waals surface area contributed by atoms with Gasteiger partial charge in [0.1, 0.15) is 0 Å². The van der Waals surface area contributed by atoms with E-state index in [2.05, 4.69) is 5.32 Å². The lowest BCUT2D eigenvalue weighted by atomic mass is 9.76. The molecule has 12 heavy (non-hydrogen) atoms. The number of halogens is 1. The average molecular weight is 192 g/mol. The van der Waals surface area contributed by atoms with Crippen LogP contribution < -0.4 is 5.32 Å². The Bertz CT molecular complexity index is 138. The SMILES string of the molecule is Cl.OC1CCNC(C2CCC2)C1. The van der Waals surface area contributed by atoms with Crippen molar-refractivity contribution in [2.24, 2.45) is 5.92 Å². The molecule has 2 aliphatic rings. The van der Waals surface area contributed by atoms with Gasteiger partial charge in [0, 0.05) is 6.04 Å². The molecule has 0 spiro atoms. The summed E-state index contributed by atoms with van der Waals surface area (Å²) in [5.74, 6) is 0.880. The molecule has 1 saturated carbocycles. The molecular weight excluding hydrogens is 174 g/mol. The Morgan fingerprint density at radius 2 is 1.92 bits per heavy atom. The van der Waals surface area contributed by atoms with Crippen LogP contribution in [0.5, 0.6) is 0 Å². The van der Waals surface area contributed by atoms with Gasteiger partial charge in [0.2, 0.25) is 0 Å². The highest BCUT2D eigenvalue weighted by atomic mass is 35.5. The van der Waals surface area contributed by atoms with Crippen LogP contribution >= 0.6 is 12.4 Å². The Hall–Kier alpha value is 0.210. The van der Waals surface area contributed by atoms with Gasteiger partial charge < -0.3 is 10.4 Å². The van der Waals surface area contributed by atoms with Crippen LogP contribution in [0.25, 0.3) is 0 Å². The fourth-order valence-corrected chi connectivity index (χ4v) is 2.13. The van der Waals surface area contributed by atoms with Crippen molar-refractivity contribution in [1.82, 2.24) is 5.32 Å². The molecule has 1 aliphatic carbocycles. The second kappa shape index (κ2) is 4.45. The predicted octanol–water partition coefficient (Wildman–Crippen LogP) is 1.32. The molecule has 0 radical (unpaired) electrons. The summed E-state index contributed by atoms with van der Waals surface area (Å²) in [6, 6.07) is 0.632. The van der Waals surface area contributed by atoms with Crippen LogP contribution in [0, 0.1) is 5.92 Å². The van der Waals surface area contributed by atoms with Crippen LogP contribution in [0.3, 0.4) is 0 Å². The number of hydrogen-bond donors (Lipinski definition) is 2. The average Bonchev–Trinajstić information content (AvgIpc) is 1.83. The molecule has 2 unspecified atom stereocenters. The van der Waals surface area contributed by atoms with Crippen LogP contribution in [0.4, 0.5) is 0 Å². The van der Waals surface area contributed by atoms with Gasteiger partial charge in [-0.1, -0.05) is 6.42 Å². The minimum Gasteiger partial charge on any atom is -0.393 e. The van der Waals surface area contributed by atoms with E-state index in [0.29, 0.717) is 6.04 Å². The number of aliphatic hydroxyl groups excluding tert-OH is 1. The molecule has 1 heterocycles. The fraction of sp³-hybridized carbons (Fsp3) is 1.00. The smallest absolute Gasteiger partial charge is 0.0567 e. The largest absolute Gasteiger partial charge is 0.393 e. The van der Waals surface area contributed by atoms with E-state index in [4.69, 9.17) is 0 Å². The standard InChI is InChI=1S/C9H17NO.ClH/c11-8-4-5-10-9(6-8)7-2-1-3-7;/h7-11H,1-6H2;1H. The third kappa shape index (κ3) is 2.12. The normalized spacial score (nSPS) is 36.8. The van der Waals surface area contributed by atoms with Gasteiger partial charge in [-0.2, -0.15) is 0 Å². The fourth-order valence-electron chi connectivity index (χ4n) is 2.13. The first-order valence-electron chi connectivity index (χ1n) is 4.78. The first-order chi connectivity index (χ1) is 5.36. The van der Waals surface area contributed by atoms with Gasteiger partial charge in [0.25, 0.3) is 0 Å². The van der Waals surface area contributed by atoms with Crippen LogP contribution in [-0.2, 0) is 0 Å². The van der Waals surface area contributed by atoms with E-state index in [1.165, 1.54) is 19.3 Å². The van der Waals surface area contributed by atoms with Crippen molar-refractivity contribution in [1.29, 1.82) is 0 Å². The molecule has 2 N–H and O–H groups in total. The van der Waals surface area contributed by atoms with E-state index in [1.807, 2.05) is 0 Å². The van der Waals surface area contributed by atoms with Gasteiger partial charge in [-0.15, -0.1) is 12.4 Å². The molecule has 2 fully saturated rings. The maximum Gasteiger partial charge on any atom is 0.0567 e. The van der Waals surface area contributed by atoms with E-state index >= 15 is 0 Å². The lowest BCUT2D eigenvalue weighted by Crippen LogP contribution is -2.46. The lowest BCUT2D eigenvalue weighted by Gasteiger charge is -2.38. The summed E-state index contributed by atoms with van der Waals surface area (Å²) >= 11 is 0. The van der Waals surface area contributed by atoms with Crippen molar-refractivity contribution in [2.75, 3.05) is 6.54 Å². The van der Waals surface area contributed by atoms with Crippen molar-refractivity contribution in [3.63, 3.8) is 0 Å². The Morgan fingerprint density at radius 3 is 2.42 bits per heavy atom. The van der Waals surface area contributed by atoms with Crippen LogP contribution in [-0.4, -0.2) is 23.8 Å². The minimum absolute atomic E-state index is 0. The zero-order chi connectivity index (χ0) is 7.68. The highest BCUT2D eigenvalue weighted by Crippen LogP contribution is 2.32. The number of nitrogens with one attached hydrogen (secondary N) is 1. The van der Waals surface area contributed by atoms with Gasteiger partial charge >= 0.3 is 0 Å². The summed E-state index contributed by atoms with van der Waals surface area (Å²) in [7, 11) is 0. The van der Waals surface area contributed by atoms with E-state index in [0.717, 1.165) is 25.3 Å². The summed E-state index contributed by atoms with van der Waals surface area (Å²) in [6.45, 7) is 1.02. The highest BCUT2D eigenvalue weighted by molar-refractivity contribution is 5.85. The minimum atomic E-state index is -0.0261. The van der Waals surface area contributed by atoms with Gasteiger partial charge in [0.05, 0.1) is 6.10 Å². The third-order valence-corrected chi connectivity index (χ3v) is 3.13. The van der Waals surface area contributed by atoms with Crippen molar-refractivity contribution in [3.05, 3.63) is 0 Å². The van der Waals surface area contributed by atoms with Crippen molar-refractivity contribution in [2.45, 2.75) is 44.2 Å².